The van der Waals surface area contributed by atoms with Gasteiger partial charge in [-0.05, 0) is 38.2 Å². The molecule has 5 rings (SSSR count). The van der Waals surface area contributed by atoms with Gasteiger partial charge in [0.1, 0.15) is 5.82 Å². The van der Waals surface area contributed by atoms with Crippen molar-refractivity contribution in [2.24, 2.45) is 0 Å². The molecular weight excluding hydrogens is 479 g/mol. The average Bonchev–Trinajstić information content (AvgIpc) is 3.49. The Kier molecular flexibility index (Phi) is 6.36. The second-order valence-corrected chi connectivity index (χ2v) is 9.75. The van der Waals surface area contributed by atoms with Crippen molar-refractivity contribution >= 4 is 39.0 Å². The maximum absolute atomic E-state index is 15.0. The third-order valence-electron chi connectivity index (χ3n) is 6.89. The van der Waals surface area contributed by atoms with E-state index < -0.39 is 29.3 Å². The first-order chi connectivity index (χ1) is 17.4. The lowest BCUT2D eigenvalue weighted by molar-refractivity contribution is -0.129. The number of nitrogens with zero attached hydrogens (tertiary/aromatic N) is 4. The summed E-state index contributed by atoms with van der Waals surface area (Å²) in [5.41, 5.74) is 2.43. The number of benzene rings is 2. The van der Waals surface area contributed by atoms with E-state index in [0.717, 1.165) is 24.1 Å². The number of fused-ring (bicyclic) bond motifs is 3. The van der Waals surface area contributed by atoms with E-state index in [1.165, 1.54) is 22.3 Å². The van der Waals surface area contributed by atoms with Crippen molar-refractivity contribution in [2.45, 2.75) is 26.8 Å². The highest BCUT2D eigenvalue weighted by Gasteiger charge is 2.45. The fourth-order valence-electron chi connectivity index (χ4n) is 4.92. The average molecular weight is 507 g/mol. The Morgan fingerprint density at radius 1 is 1.14 bits per heavy atom. The van der Waals surface area contributed by atoms with Gasteiger partial charge in [-0.1, -0.05) is 55.5 Å². The van der Waals surface area contributed by atoms with Crippen LogP contribution in [0.5, 0.6) is 0 Å². The second kappa shape index (κ2) is 9.48. The van der Waals surface area contributed by atoms with E-state index in [1.807, 2.05) is 49.4 Å². The molecule has 0 radical (unpaired) electrons. The van der Waals surface area contributed by atoms with Crippen molar-refractivity contribution in [3.63, 3.8) is 0 Å². The number of imidazole rings is 1. The van der Waals surface area contributed by atoms with E-state index in [2.05, 4.69) is 9.88 Å². The first-order valence-corrected chi connectivity index (χ1v) is 12.8. The number of thiazole rings is 1. The molecule has 1 unspecified atom stereocenters. The summed E-state index contributed by atoms with van der Waals surface area (Å²) in [7, 11) is 0. The van der Waals surface area contributed by atoms with Crippen LogP contribution in [-0.2, 0) is 4.79 Å². The molecule has 0 aliphatic carbocycles. The third kappa shape index (κ3) is 3.79. The third-order valence-corrected chi connectivity index (χ3v) is 8.03. The highest BCUT2D eigenvalue weighted by molar-refractivity contribution is 7.19. The van der Waals surface area contributed by atoms with E-state index in [0.29, 0.717) is 22.1 Å². The van der Waals surface area contributed by atoms with Gasteiger partial charge in [-0.15, -0.1) is 0 Å². The van der Waals surface area contributed by atoms with Gasteiger partial charge in [0.05, 0.1) is 27.5 Å². The molecule has 2 aromatic carbocycles. The monoisotopic (exact) mass is 506 g/mol. The molecule has 1 amide bonds. The zero-order chi connectivity index (χ0) is 25.6. The molecule has 7 nitrogen and oxygen atoms in total. The fourth-order valence-corrected chi connectivity index (χ4v) is 6.02. The largest absolute Gasteiger partial charge is 0.503 e. The molecule has 1 aliphatic rings. The van der Waals surface area contributed by atoms with Crippen LogP contribution < -0.4 is 0 Å². The number of amides is 1. The van der Waals surface area contributed by atoms with Crippen LogP contribution in [0.3, 0.4) is 0 Å². The molecule has 1 aliphatic heterocycles. The van der Waals surface area contributed by atoms with E-state index >= 15 is 4.39 Å². The Labute approximate surface area is 212 Å². The standard InChI is InChI=1S/C27H27FN4O3S/c1-4-30(5-2)14-15-31-22(17-10-6-7-11-18(17)28)21(24(34)26(31)35)23(33)25-16(3)32-20-13-9-8-12-19(20)29-27(32)36-25/h6-13,22,34H,4-5,14-15H2,1-3H3. The summed E-state index contributed by atoms with van der Waals surface area (Å²) in [5, 5.41) is 11.0. The van der Waals surface area contributed by atoms with Crippen molar-refractivity contribution in [1.82, 2.24) is 19.2 Å². The van der Waals surface area contributed by atoms with Crippen molar-refractivity contribution in [3.05, 3.63) is 81.8 Å². The van der Waals surface area contributed by atoms with Crippen molar-refractivity contribution in [3.8, 4) is 0 Å². The first-order valence-electron chi connectivity index (χ1n) is 12.0. The number of ketones is 1. The Morgan fingerprint density at radius 3 is 2.56 bits per heavy atom. The molecule has 36 heavy (non-hydrogen) atoms. The number of aryl methyl sites for hydroxylation is 1. The van der Waals surface area contributed by atoms with Crippen molar-refractivity contribution in [2.75, 3.05) is 26.2 Å². The van der Waals surface area contributed by atoms with Crippen molar-refractivity contribution < 1.29 is 19.1 Å². The molecule has 1 atom stereocenters. The fraction of sp³-hybridized carbons (Fsp3) is 0.296. The number of aliphatic hydroxyl groups excluding tert-OH is 1. The number of rotatable bonds is 8. The molecular formula is C27H27FN4O3S. The second-order valence-electron chi connectivity index (χ2n) is 8.78. The molecule has 0 saturated heterocycles. The lowest BCUT2D eigenvalue weighted by Gasteiger charge is -2.29. The Morgan fingerprint density at radius 2 is 1.83 bits per heavy atom. The minimum Gasteiger partial charge on any atom is -0.503 e. The first kappa shape index (κ1) is 24.1. The summed E-state index contributed by atoms with van der Waals surface area (Å²) in [6, 6.07) is 12.7. The van der Waals surface area contributed by atoms with Gasteiger partial charge >= 0.3 is 0 Å². The van der Waals surface area contributed by atoms with Gasteiger partial charge in [0.15, 0.2) is 10.7 Å². The predicted molar refractivity (Wildman–Crippen MR) is 138 cm³/mol. The number of para-hydroxylation sites is 2. The highest BCUT2D eigenvalue weighted by Crippen LogP contribution is 2.41. The summed E-state index contributed by atoms with van der Waals surface area (Å²) >= 11 is 1.20. The Bertz CT molecular complexity index is 1520. The molecule has 186 valence electrons. The van der Waals surface area contributed by atoms with E-state index in [1.54, 1.807) is 18.2 Å². The number of aliphatic hydroxyl groups is 1. The van der Waals surface area contributed by atoms with Gasteiger partial charge in [0, 0.05) is 24.3 Å². The molecule has 1 N–H and O–H groups in total. The van der Waals surface area contributed by atoms with E-state index in [9.17, 15) is 14.7 Å². The normalized spacial score (nSPS) is 16.3. The Balaban J connectivity index is 1.60. The SMILES string of the molecule is CCN(CC)CCN1C(=O)C(O)=C(C(=O)c2sc3nc4ccccc4n3c2C)C1c1ccccc1F. The number of Topliss-reactive ketones (excluding diaryl/α,β-unsaturated/α-hetero) is 1. The topological polar surface area (TPSA) is 78.2 Å². The molecule has 4 aromatic rings. The quantitative estimate of drug-likeness (QED) is 0.344. The van der Waals surface area contributed by atoms with E-state index in [-0.39, 0.29) is 17.7 Å². The van der Waals surface area contributed by atoms with Crippen LogP contribution >= 0.6 is 11.3 Å². The minimum absolute atomic E-state index is 0.0958. The number of carbonyl (C=O) groups is 2. The van der Waals surface area contributed by atoms with Gasteiger partial charge in [-0.25, -0.2) is 9.37 Å². The predicted octanol–water partition coefficient (Wildman–Crippen LogP) is 4.92. The molecule has 3 heterocycles. The van der Waals surface area contributed by atoms with E-state index in [4.69, 9.17) is 0 Å². The molecule has 0 saturated carbocycles. The molecule has 0 fully saturated rings. The van der Waals surface area contributed by atoms with Crippen LogP contribution in [0, 0.1) is 12.7 Å². The van der Waals surface area contributed by atoms with Crippen molar-refractivity contribution in [1.29, 1.82) is 0 Å². The Hall–Kier alpha value is -3.56. The van der Waals surface area contributed by atoms with Crippen LogP contribution in [0.1, 0.15) is 40.8 Å². The summed E-state index contributed by atoms with van der Waals surface area (Å²) in [5.74, 6) is -2.31. The zero-order valence-corrected chi connectivity index (χ0v) is 21.2. The minimum atomic E-state index is -1.02. The summed E-state index contributed by atoms with van der Waals surface area (Å²) < 4.78 is 16.9. The van der Waals surface area contributed by atoms with Crippen LogP contribution in [0.4, 0.5) is 4.39 Å². The van der Waals surface area contributed by atoms with Gasteiger partial charge in [0.2, 0.25) is 5.78 Å². The number of hydrogen-bond donors (Lipinski definition) is 1. The number of carbonyl (C=O) groups excluding carboxylic acids is 2. The maximum Gasteiger partial charge on any atom is 0.290 e. The number of aromatic nitrogens is 2. The maximum atomic E-state index is 15.0. The lowest BCUT2D eigenvalue weighted by atomic mass is 9.94. The highest BCUT2D eigenvalue weighted by atomic mass is 32.1. The summed E-state index contributed by atoms with van der Waals surface area (Å²) in [6.07, 6.45) is 0. The van der Waals surface area contributed by atoms with Crippen LogP contribution in [-0.4, -0.2) is 62.2 Å². The number of hydrogen-bond acceptors (Lipinski definition) is 6. The molecule has 0 bridgehead atoms. The molecule has 2 aromatic heterocycles. The van der Waals surface area contributed by atoms with Gasteiger partial charge in [-0.2, -0.15) is 0 Å². The van der Waals surface area contributed by atoms with Crippen LogP contribution in [0.15, 0.2) is 59.9 Å². The van der Waals surface area contributed by atoms with Gasteiger partial charge in [-0.3, -0.25) is 14.0 Å². The van der Waals surface area contributed by atoms with Gasteiger partial charge in [0.25, 0.3) is 5.91 Å². The summed E-state index contributed by atoms with van der Waals surface area (Å²) in [4.78, 5) is 36.4. The summed E-state index contributed by atoms with van der Waals surface area (Å²) in [6.45, 7) is 8.22. The number of halogens is 1. The smallest absolute Gasteiger partial charge is 0.290 e. The molecule has 0 spiro atoms. The number of likely N-dealkylation sites (N-methyl/N-ethyl adjacent to an activating group) is 1. The van der Waals surface area contributed by atoms with Crippen LogP contribution in [0.2, 0.25) is 0 Å². The van der Waals surface area contributed by atoms with Gasteiger partial charge < -0.3 is 14.9 Å². The van der Waals surface area contributed by atoms with Crippen LogP contribution in [0.25, 0.3) is 16.0 Å². The zero-order valence-electron chi connectivity index (χ0n) is 20.4. The lowest BCUT2D eigenvalue weighted by Crippen LogP contribution is -2.39. The molecule has 9 heteroatoms.